The molecule has 3 aliphatic carbocycles. The van der Waals surface area contributed by atoms with Crippen LogP contribution in [-0.4, -0.2) is 62.7 Å². The van der Waals surface area contributed by atoms with Crippen molar-refractivity contribution >= 4 is 5.82 Å². The summed E-state index contributed by atoms with van der Waals surface area (Å²) in [6, 6.07) is 1.17. The molecule has 30 heavy (non-hydrogen) atoms. The highest BCUT2D eigenvalue weighted by Crippen LogP contribution is 2.68. The van der Waals surface area contributed by atoms with E-state index in [1.165, 1.54) is 12.3 Å². The molecule has 1 aliphatic heterocycles. The predicted molar refractivity (Wildman–Crippen MR) is 99.4 cm³/mol. The standard InChI is InChI=1S/C19H22F3N5O3/c20-19(21,22)30-14-5-12(6-24-16(14)23)13-7-27(15(8-28)25-13)18-9-17(10-18,11-18)26-1-3-29-4-2-26/h5-7,28H,1-4,8-11H2,(H2,23,24). The zero-order valence-corrected chi connectivity index (χ0v) is 16.2. The van der Waals surface area contributed by atoms with Gasteiger partial charge in [0.2, 0.25) is 0 Å². The summed E-state index contributed by atoms with van der Waals surface area (Å²) in [7, 11) is 0. The van der Waals surface area contributed by atoms with E-state index in [1.807, 2.05) is 4.57 Å². The number of rotatable bonds is 5. The topological polar surface area (TPSA) is 98.7 Å². The van der Waals surface area contributed by atoms with Gasteiger partial charge in [0.1, 0.15) is 12.4 Å². The van der Waals surface area contributed by atoms with Gasteiger partial charge in [-0.25, -0.2) is 9.97 Å². The number of ether oxygens (including phenoxy) is 2. The van der Waals surface area contributed by atoms with Crippen LogP contribution >= 0.6 is 0 Å². The third kappa shape index (κ3) is 3.03. The highest BCUT2D eigenvalue weighted by Gasteiger charge is 2.71. The predicted octanol–water partition coefficient (Wildman–Crippen LogP) is 1.88. The maximum Gasteiger partial charge on any atom is 0.573 e. The van der Waals surface area contributed by atoms with E-state index in [9.17, 15) is 18.3 Å². The molecule has 1 saturated heterocycles. The lowest BCUT2D eigenvalue weighted by molar-refractivity contribution is -0.274. The molecule has 6 rings (SSSR count). The van der Waals surface area contributed by atoms with Crippen LogP contribution < -0.4 is 10.5 Å². The first kappa shape index (κ1) is 19.6. The van der Waals surface area contributed by atoms with Crippen molar-refractivity contribution in [3.63, 3.8) is 0 Å². The number of pyridine rings is 1. The molecule has 8 nitrogen and oxygen atoms in total. The number of aromatic nitrogens is 3. The van der Waals surface area contributed by atoms with Crippen LogP contribution in [0, 0.1) is 0 Å². The number of halogens is 3. The van der Waals surface area contributed by atoms with Gasteiger partial charge in [0.25, 0.3) is 0 Å². The molecule has 4 fully saturated rings. The van der Waals surface area contributed by atoms with E-state index in [4.69, 9.17) is 10.5 Å². The minimum atomic E-state index is -4.87. The number of nitrogen functional groups attached to an aromatic ring is 1. The maximum absolute atomic E-state index is 12.6. The van der Waals surface area contributed by atoms with Crippen LogP contribution in [0.3, 0.4) is 0 Å². The van der Waals surface area contributed by atoms with Crippen molar-refractivity contribution < 1.29 is 27.8 Å². The molecule has 0 aromatic carbocycles. The second-order valence-electron chi connectivity index (χ2n) is 8.30. The molecular weight excluding hydrogens is 403 g/mol. The summed E-state index contributed by atoms with van der Waals surface area (Å²) in [6.07, 6.45) is 1.15. The molecule has 2 bridgehead atoms. The van der Waals surface area contributed by atoms with Gasteiger partial charge in [-0.2, -0.15) is 0 Å². The first-order valence-electron chi connectivity index (χ1n) is 9.78. The first-order chi connectivity index (χ1) is 14.2. The van der Waals surface area contributed by atoms with Gasteiger partial charge < -0.3 is 24.9 Å². The second kappa shape index (κ2) is 6.56. The minimum Gasteiger partial charge on any atom is -0.402 e. The SMILES string of the molecule is Nc1ncc(-c2cn(C34CC(N5CCOCC5)(C3)C4)c(CO)n2)cc1OC(F)(F)F. The van der Waals surface area contributed by atoms with Gasteiger partial charge in [-0.15, -0.1) is 13.2 Å². The molecule has 3 heterocycles. The molecule has 0 atom stereocenters. The van der Waals surface area contributed by atoms with E-state index in [0.29, 0.717) is 17.1 Å². The summed E-state index contributed by atoms with van der Waals surface area (Å²) >= 11 is 0. The zero-order chi connectivity index (χ0) is 21.1. The third-order valence-electron chi connectivity index (χ3n) is 6.49. The zero-order valence-electron chi connectivity index (χ0n) is 16.2. The Morgan fingerprint density at radius 1 is 1.20 bits per heavy atom. The maximum atomic E-state index is 12.6. The lowest BCUT2D eigenvalue weighted by atomic mass is 9.43. The quantitative estimate of drug-likeness (QED) is 0.755. The minimum absolute atomic E-state index is 0.103. The summed E-state index contributed by atoms with van der Waals surface area (Å²) < 4.78 is 49.2. The van der Waals surface area contributed by atoms with Gasteiger partial charge in [-0.3, -0.25) is 4.90 Å². The molecule has 2 aromatic heterocycles. The Kier molecular flexibility index (Phi) is 4.28. The monoisotopic (exact) mass is 425 g/mol. The number of hydrogen-bond donors (Lipinski definition) is 2. The number of aliphatic hydroxyl groups excluding tert-OH is 1. The number of morpholine rings is 1. The average Bonchev–Trinajstić information content (AvgIpc) is 3.05. The van der Waals surface area contributed by atoms with Crippen LogP contribution in [0.4, 0.5) is 19.0 Å². The van der Waals surface area contributed by atoms with Gasteiger partial charge in [0.15, 0.2) is 11.6 Å². The molecule has 0 radical (unpaired) electrons. The van der Waals surface area contributed by atoms with Crippen LogP contribution in [-0.2, 0) is 16.9 Å². The van der Waals surface area contributed by atoms with Crippen LogP contribution in [0.25, 0.3) is 11.3 Å². The van der Waals surface area contributed by atoms with E-state index < -0.39 is 12.1 Å². The van der Waals surface area contributed by atoms with E-state index in [2.05, 4.69) is 19.6 Å². The van der Waals surface area contributed by atoms with Crippen molar-refractivity contribution in [1.82, 2.24) is 19.4 Å². The van der Waals surface area contributed by atoms with Crippen molar-refractivity contribution in [3.8, 4) is 17.0 Å². The van der Waals surface area contributed by atoms with Crippen LogP contribution in [0.15, 0.2) is 18.5 Å². The summed E-state index contributed by atoms with van der Waals surface area (Å²) in [5.41, 5.74) is 6.36. The van der Waals surface area contributed by atoms with Gasteiger partial charge in [-0.05, 0) is 25.3 Å². The molecule has 0 spiro atoms. The number of alkyl halides is 3. The fourth-order valence-corrected chi connectivity index (χ4v) is 5.19. The Morgan fingerprint density at radius 3 is 2.53 bits per heavy atom. The fraction of sp³-hybridized carbons (Fsp3) is 0.579. The van der Waals surface area contributed by atoms with Gasteiger partial charge >= 0.3 is 6.36 Å². The number of imidazole rings is 1. The molecule has 0 amide bonds. The number of nitrogens with two attached hydrogens (primary N) is 1. The second-order valence-corrected chi connectivity index (χ2v) is 8.30. The Labute approximate surface area is 170 Å². The van der Waals surface area contributed by atoms with Gasteiger partial charge in [-0.1, -0.05) is 0 Å². The van der Waals surface area contributed by atoms with E-state index in [1.54, 1.807) is 6.20 Å². The van der Waals surface area contributed by atoms with Crippen LogP contribution in [0.5, 0.6) is 5.75 Å². The molecule has 3 N–H and O–H groups in total. The Balaban J connectivity index is 1.39. The number of nitrogens with zero attached hydrogens (tertiary/aromatic N) is 4. The summed E-state index contributed by atoms with van der Waals surface area (Å²) in [5, 5.41) is 9.82. The third-order valence-corrected chi connectivity index (χ3v) is 6.49. The molecule has 11 heteroatoms. The largest absolute Gasteiger partial charge is 0.573 e. The number of aliphatic hydroxyl groups is 1. The van der Waals surface area contributed by atoms with E-state index in [0.717, 1.165) is 45.6 Å². The molecule has 3 saturated carbocycles. The highest BCUT2D eigenvalue weighted by molar-refractivity contribution is 5.64. The summed E-state index contributed by atoms with van der Waals surface area (Å²) in [5.74, 6) is -0.447. The van der Waals surface area contributed by atoms with Crippen LogP contribution in [0.2, 0.25) is 0 Å². The van der Waals surface area contributed by atoms with E-state index in [-0.39, 0.29) is 23.5 Å². The van der Waals surface area contributed by atoms with Crippen LogP contribution in [0.1, 0.15) is 25.1 Å². The average molecular weight is 425 g/mol. The smallest absolute Gasteiger partial charge is 0.402 e. The molecule has 0 unspecified atom stereocenters. The van der Waals surface area contributed by atoms with E-state index >= 15 is 0 Å². The highest BCUT2D eigenvalue weighted by atomic mass is 19.4. The Hall–Kier alpha value is -2.37. The van der Waals surface area contributed by atoms with Crippen molar-refractivity contribution in [3.05, 3.63) is 24.3 Å². The Morgan fingerprint density at radius 2 is 1.90 bits per heavy atom. The molecule has 4 aliphatic rings. The van der Waals surface area contributed by atoms with Crippen molar-refractivity contribution in [2.45, 2.75) is 43.3 Å². The summed E-state index contributed by atoms with van der Waals surface area (Å²) in [4.78, 5) is 10.7. The molecule has 162 valence electrons. The summed E-state index contributed by atoms with van der Waals surface area (Å²) in [6.45, 7) is 3.09. The fourth-order valence-electron chi connectivity index (χ4n) is 5.19. The lowest BCUT2D eigenvalue weighted by Crippen LogP contribution is -2.79. The molecular formula is C19H22F3N5O3. The van der Waals surface area contributed by atoms with Gasteiger partial charge in [0.05, 0.1) is 24.4 Å². The number of hydrogen-bond acceptors (Lipinski definition) is 7. The van der Waals surface area contributed by atoms with Gasteiger partial charge in [0, 0.05) is 36.6 Å². The van der Waals surface area contributed by atoms with Crippen molar-refractivity contribution in [1.29, 1.82) is 0 Å². The van der Waals surface area contributed by atoms with Crippen molar-refractivity contribution in [2.24, 2.45) is 0 Å². The molecule has 2 aromatic rings. The lowest BCUT2D eigenvalue weighted by Gasteiger charge is -2.74. The Bertz CT molecular complexity index is 951. The number of anilines is 1. The van der Waals surface area contributed by atoms with Crippen molar-refractivity contribution in [2.75, 3.05) is 32.0 Å². The first-order valence-corrected chi connectivity index (χ1v) is 9.78. The normalized spacial score (nSPS) is 28.7.